The van der Waals surface area contributed by atoms with Crippen molar-refractivity contribution in [1.29, 1.82) is 0 Å². The minimum atomic E-state index is -0.833. The molecular weight excluding hydrogens is 232 g/mol. The van der Waals surface area contributed by atoms with Gasteiger partial charge in [0.05, 0.1) is 19.8 Å². The molecule has 0 unspecified atom stereocenters. The van der Waals surface area contributed by atoms with Crippen molar-refractivity contribution in [3.8, 4) is 0 Å². The Balaban J connectivity index is -0.000000205. The van der Waals surface area contributed by atoms with E-state index in [0.717, 1.165) is 13.8 Å². The molecule has 0 aromatic heterocycles. The monoisotopic (exact) mass is 254 g/mol. The summed E-state index contributed by atoms with van der Waals surface area (Å²) in [5.41, 5.74) is -0.667. The lowest BCUT2D eigenvalue weighted by atomic mass is 9.88. The molecule has 0 heterocycles. The van der Waals surface area contributed by atoms with Crippen molar-refractivity contribution in [2.75, 3.05) is 19.8 Å². The highest BCUT2D eigenvalue weighted by Gasteiger charge is 2.24. The first-order chi connectivity index (χ1) is 7.71. The molecule has 0 rings (SSSR count). The van der Waals surface area contributed by atoms with Crippen LogP contribution in [0.25, 0.3) is 0 Å². The van der Waals surface area contributed by atoms with Gasteiger partial charge in [0.25, 0.3) is 11.9 Å². The molecule has 0 amide bonds. The average molecular weight is 254 g/mol. The van der Waals surface area contributed by atoms with Crippen molar-refractivity contribution in [1.82, 2.24) is 0 Å². The predicted octanol–water partition coefficient (Wildman–Crippen LogP) is -0.458. The molecule has 0 radical (unpaired) electrons. The largest absolute Gasteiger partial charge is 0.481 e. The summed E-state index contributed by atoms with van der Waals surface area (Å²) < 4.78 is 0. The molecule has 0 aromatic rings. The van der Waals surface area contributed by atoms with Gasteiger partial charge in [0.2, 0.25) is 0 Å². The Kier molecular flexibility index (Phi) is 16.0. The van der Waals surface area contributed by atoms with E-state index in [0.29, 0.717) is 6.42 Å². The fourth-order valence-corrected chi connectivity index (χ4v) is 0.485. The molecule has 0 aliphatic carbocycles. The number of aliphatic hydroxyl groups is 3. The number of rotatable bonds is 4. The van der Waals surface area contributed by atoms with E-state index in [1.54, 1.807) is 0 Å². The molecule has 7 heteroatoms. The molecule has 0 fully saturated rings. The second-order valence-corrected chi connectivity index (χ2v) is 3.37. The quantitative estimate of drug-likeness (QED) is 0.458. The van der Waals surface area contributed by atoms with E-state index in [1.165, 1.54) is 0 Å². The van der Waals surface area contributed by atoms with Crippen LogP contribution in [0.15, 0.2) is 0 Å². The first-order valence-corrected chi connectivity index (χ1v) is 4.93. The molecule has 0 aliphatic heterocycles. The number of carbonyl (C=O) groups is 2. The number of carboxylic acids is 2. The zero-order chi connectivity index (χ0) is 14.5. The SMILES string of the molecule is CC(=O)O.CC(=O)O.CCC(CO)(CO)CO. The third-order valence-corrected chi connectivity index (χ3v) is 1.76. The Bertz CT molecular complexity index is 161. The molecule has 5 N–H and O–H groups in total. The number of aliphatic carboxylic acids is 2. The van der Waals surface area contributed by atoms with Crippen molar-refractivity contribution < 1.29 is 35.1 Å². The average Bonchev–Trinajstić information content (AvgIpc) is 2.20. The number of hydrogen-bond donors (Lipinski definition) is 5. The van der Waals surface area contributed by atoms with Crippen molar-refractivity contribution in [3.05, 3.63) is 0 Å². The maximum Gasteiger partial charge on any atom is 0.300 e. The Hall–Kier alpha value is -1.18. The lowest BCUT2D eigenvalue weighted by Gasteiger charge is -2.24. The van der Waals surface area contributed by atoms with Crippen molar-refractivity contribution in [3.63, 3.8) is 0 Å². The third-order valence-electron chi connectivity index (χ3n) is 1.76. The Labute approximate surface area is 100 Å². The summed E-state index contributed by atoms with van der Waals surface area (Å²) in [7, 11) is 0. The first kappa shape index (κ1) is 21.1. The van der Waals surface area contributed by atoms with Crippen LogP contribution in [0.3, 0.4) is 0 Å². The van der Waals surface area contributed by atoms with Crippen LogP contribution in [0, 0.1) is 5.41 Å². The van der Waals surface area contributed by atoms with Crippen LogP contribution in [0.4, 0.5) is 0 Å². The van der Waals surface area contributed by atoms with E-state index in [-0.39, 0.29) is 19.8 Å². The van der Waals surface area contributed by atoms with Gasteiger partial charge in [-0.15, -0.1) is 0 Å². The van der Waals surface area contributed by atoms with Crippen LogP contribution in [0.5, 0.6) is 0 Å². The van der Waals surface area contributed by atoms with Gasteiger partial charge in [-0.2, -0.15) is 0 Å². The highest BCUT2D eigenvalue weighted by Crippen LogP contribution is 2.18. The standard InChI is InChI=1S/C6H14O3.2C2H4O2/c1-2-6(3-7,4-8)5-9;2*1-2(3)4/h7-9H,2-5H2,1H3;2*1H3,(H,3,4). The summed E-state index contributed by atoms with van der Waals surface area (Å²) in [6, 6.07) is 0. The first-order valence-electron chi connectivity index (χ1n) is 4.93. The van der Waals surface area contributed by atoms with Gasteiger partial charge in [-0.25, -0.2) is 0 Å². The van der Waals surface area contributed by atoms with E-state index in [4.69, 9.17) is 35.1 Å². The number of hydrogen-bond acceptors (Lipinski definition) is 5. The van der Waals surface area contributed by atoms with Gasteiger partial charge < -0.3 is 25.5 Å². The summed E-state index contributed by atoms with van der Waals surface area (Å²) in [6.45, 7) is 3.52. The highest BCUT2D eigenvalue weighted by atomic mass is 16.4. The fourth-order valence-electron chi connectivity index (χ4n) is 0.485. The van der Waals surface area contributed by atoms with Gasteiger partial charge in [-0.3, -0.25) is 9.59 Å². The minimum Gasteiger partial charge on any atom is -0.481 e. The molecule has 17 heavy (non-hydrogen) atoms. The molecule has 0 saturated heterocycles. The van der Waals surface area contributed by atoms with Crippen LogP contribution in [-0.2, 0) is 9.59 Å². The van der Waals surface area contributed by atoms with E-state index >= 15 is 0 Å². The van der Waals surface area contributed by atoms with Crippen LogP contribution in [-0.4, -0.2) is 57.3 Å². The van der Waals surface area contributed by atoms with Crippen LogP contribution in [0.1, 0.15) is 27.2 Å². The van der Waals surface area contributed by atoms with Gasteiger partial charge in [-0.1, -0.05) is 6.92 Å². The molecule has 0 bridgehead atoms. The van der Waals surface area contributed by atoms with Gasteiger partial charge in [0.15, 0.2) is 0 Å². The topological polar surface area (TPSA) is 135 Å². The van der Waals surface area contributed by atoms with E-state index in [1.807, 2.05) is 6.92 Å². The maximum absolute atomic E-state index is 9.00. The van der Waals surface area contributed by atoms with Gasteiger partial charge in [0, 0.05) is 19.3 Å². The summed E-state index contributed by atoms with van der Waals surface area (Å²) in [4.78, 5) is 18.0. The van der Waals surface area contributed by atoms with Gasteiger partial charge in [-0.05, 0) is 6.42 Å². The molecule has 0 spiro atoms. The van der Waals surface area contributed by atoms with Gasteiger partial charge in [0.1, 0.15) is 0 Å². The lowest BCUT2D eigenvalue weighted by molar-refractivity contribution is -0.135. The third kappa shape index (κ3) is 20.8. The highest BCUT2D eigenvalue weighted by molar-refractivity contribution is 5.63. The predicted molar refractivity (Wildman–Crippen MR) is 60.6 cm³/mol. The summed E-state index contributed by atoms with van der Waals surface area (Å²) >= 11 is 0. The molecular formula is C10H22O7. The second kappa shape index (κ2) is 12.9. The zero-order valence-corrected chi connectivity index (χ0v) is 10.4. The van der Waals surface area contributed by atoms with Crippen LogP contribution >= 0.6 is 0 Å². The minimum absolute atomic E-state index is 0.156. The van der Waals surface area contributed by atoms with E-state index in [9.17, 15) is 0 Å². The van der Waals surface area contributed by atoms with E-state index in [2.05, 4.69) is 0 Å². The Morgan fingerprint density at radius 1 is 0.882 bits per heavy atom. The molecule has 0 saturated carbocycles. The van der Waals surface area contributed by atoms with E-state index < -0.39 is 17.4 Å². The van der Waals surface area contributed by atoms with Crippen molar-refractivity contribution >= 4 is 11.9 Å². The Morgan fingerprint density at radius 3 is 1.06 bits per heavy atom. The summed E-state index contributed by atoms with van der Waals surface area (Å²) in [6.07, 6.45) is 0.594. The van der Waals surface area contributed by atoms with Gasteiger partial charge >= 0.3 is 0 Å². The molecule has 0 atom stereocenters. The second-order valence-electron chi connectivity index (χ2n) is 3.37. The normalized spacial score (nSPS) is 9.29. The van der Waals surface area contributed by atoms with Crippen LogP contribution in [0.2, 0.25) is 0 Å². The Morgan fingerprint density at radius 2 is 1.06 bits per heavy atom. The molecule has 7 nitrogen and oxygen atoms in total. The maximum atomic E-state index is 9.00. The van der Waals surface area contributed by atoms with Crippen molar-refractivity contribution in [2.24, 2.45) is 5.41 Å². The molecule has 0 aromatic carbocycles. The summed E-state index contributed by atoms with van der Waals surface area (Å²) in [5.74, 6) is -1.67. The number of carboxylic acid groups (broad SMARTS) is 2. The smallest absolute Gasteiger partial charge is 0.300 e. The molecule has 104 valence electrons. The summed E-state index contributed by atoms with van der Waals surface area (Å²) in [5, 5.41) is 40.8. The number of aliphatic hydroxyl groups excluding tert-OH is 3. The zero-order valence-electron chi connectivity index (χ0n) is 10.4. The van der Waals surface area contributed by atoms with Crippen LogP contribution < -0.4 is 0 Å². The van der Waals surface area contributed by atoms with Crippen molar-refractivity contribution in [2.45, 2.75) is 27.2 Å². The lowest BCUT2D eigenvalue weighted by Crippen LogP contribution is -2.32. The fraction of sp³-hybridized carbons (Fsp3) is 0.800. The molecule has 0 aliphatic rings.